The number of nitrogens with one attached hydrogen (secondary N) is 1. The number of hydrogen-bond acceptors (Lipinski definition) is 4. The number of carbonyl (C=O) groups is 2. The van der Waals surface area contributed by atoms with Gasteiger partial charge in [0.15, 0.2) is 0 Å². The number of nitrogens with zero attached hydrogens (tertiary/aromatic N) is 2. The Kier molecular flexibility index (Phi) is 8.47. The molecule has 204 valence electrons. The van der Waals surface area contributed by atoms with Crippen molar-refractivity contribution in [1.29, 1.82) is 0 Å². The summed E-state index contributed by atoms with van der Waals surface area (Å²) < 4.78 is 6.08. The Hall–Kier alpha value is -2.73. The lowest BCUT2D eigenvalue weighted by Gasteiger charge is -2.41. The molecule has 6 nitrogen and oxygen atoms in total. The molecule has 0 unspecified atom stereocenters. The summed E-state index contributed by atoms with van der Waals surface area (Å²) in [6, 6.07) is 13.9. The van der Waals surface area contributed by atoms with Crippen LogP contribution in [0.15, 0.2) is 42.5 Å². The minimum absolute atomic E-state index is 0.0318. The zero-order valence-corrected chi connectivity index (χ0v) is 23.3. The fraction of sp³-hybridized carbons (Fsp3) is 0.548. The van der Waals surface area contributed by atoms with Crippen molar-refractivity contribution < 1.29 is 14.3 Å². The zero-order valence-electron chi connectivity index (χ0n) is 22.5. The van der Waals surface area contributed by atoms with Gasteiger partial charge in [0.05, 0.1) is 22.0 Å². The van der Waals surface area contributed by atoms with E-state index in [9.17, 15) is 9.59 Å². The van der Waals surface area contributed by atoms with Crippen molar-refractivity contribution >= 4 is 29.1 Å². The second-order valence-electron chi connectivity index (χ2n) is 11.3. The van der Waals surface area contributed by atoms with Crippen LogP contribution in [0.5, 0.6) is 5.75 Å². The van der Waals surface area contributed by atoms with Crippen molar-refractivity contribution in [1.82, 2.24) is 10.2 Å². The minimum atomic E-state index is -0.455. The number of para-hydroxylation sites is 1. The van der Waals surface area contributed by atoms with Crippen molar-refractivity contribution in [2.45, 2.75) is 70.8 Å². The van der Waals surface area contributed by atoms with Gasteiger partial charge >= 0.3 is 0 Å². The molecule has 2 saturated heterocycles. The van der Waals surface area contributed by atoms with E-state index in [0.717, 1.165) is 50.2 Å². The predicted octanol–water partition coefficient (Wildman–Crippen LogP) is 5.86. The fourth-order valence-electron chi connectivity index (χ4n) is 6.19. The Labute approximate surface area is 231 Å². The maximum atomic E-state index is 13.6. The van der Waals surface area contributed by atoms with Gasteiger partial charge in [-0.1, -0.05) is 36.2 Å². The lowest BCUT2D eigenvalue weighted by Crippen LogP contribution is -2.52. The number of anilines is 1. The zero-order chi connectivity index (χ0) is 26.5. The van der Waals surface area contributed by atoms with Gasteiger partial charge in [0.2, 0.25) is 5.91 Å². The highest BCUT2D eigenvalue weighted by Gasteiger charge is 2.42. The van der Waals surface area contributed by atoms with Crippen LogP contribution in [0.1, 0.15) is 74.2 Å². The van der Waals surface area contributed by atoms with Crippen LogP contribution in [0.2, 0.25) is 5.02 Å². The van der Waals surface area contributed by atoms with Crippen molar-refractivity contribution in [3.63, 3.8) is 0 Å². The van der Waals surface area contributed by atoms with Crippen LogP contribution in [-0.2, 0) is 11.2 Å². The molecule has 0 saturated carbocycles. The summed E-state index contributed by atoms with van der Waals surface area (Å²) in [7, 11) is 0. The topological polar surface area (TPSA) is 61.9 Å². The molecule has 0 aromatic heterocycles. The van der Waals surface area contributed by atoms with Gasteiger partial charge in [-0.15, -0.1) is 0 Å². The molecule has 38 heavy (non-hydrogen) atoms. The molecule has 1 spiro atoms. The maximum Gasteiger partial charge on any atom is 0.255 e. The molecule has 3 aliphatic heterocycles. The Balaban J connectivity index is 1.27. The number of piperidine rings is 2. The van der Waals surface area contributed by atoms with Gasteiger partial charge in [0.25, 0.3) is 5.91 Å². The van der Waals surface area contributed by atoms with Gasteiger partial charge in [0.1, 0.15) is 12.4 Å². The third kappa shape index (κ3) is 5.96. The van der Waals surface area contributed by atoms with Crippen LogP contribution in [0.4, 0.5) is 5.69 Å². The first-order valence-corrected chi connectivity index (χ1v) is 14.7. The molecular weight excluding hydrogens is 498 g/mol. The third-order valence-corrected chi connectivity index (χ3v) is 8.91. The molecule has 1 atom stereocenters. The molecule has 3 heterocycles. The van der Waals surface area contributed by atoms with Crippen LogP contribution in [-0.4, -0.2) is 55.5 Å². The highest BCUT2D eigenvalue weighted by Crippen LogP contribution is 2.39. The molecule has 2 aromatic carbocycles. The van der Waals surface area contributed by atoms with Gasteiger partial charge in [-0.25, -0.2) is 0 Å². The van der Waals surface area contributed by atoms with E-state index in [-0.39, 0.29) is 17.9 Å². The van der Waals surface area contributed by atoms with Gasteiger partial charge in [0, 0.05) is 31.9 Å². The van der Waals surface area contributed by atoms with Crippen LogP contribution in [0.3, 0.4) is 0 Å². The van der Waals surface area contributed by atoms with Gasteiger partial charge in [-0.2, -0.15) is 0 Å². The smallest absolute Gasteiger partial charge is 0.255 e. The lowest BCUT2D eigenvalue weighted by molar-refractivity contribution is -0.135. The Morgan fingerprint density at radius 1 is 0.974 bits per heavy atom. The number of carbonyl (C=O) groups excluding carboxylic acids is 2. The second kappa shape index (κ2) is 12.0. The van der Waals surface area contributed by atoms with Crippen molar-refractivity contribution in [2.24, 2.45) is 5.41 Å². The maximum absolute atomic E-state index is 13.6. The summed E-state index contributed by atoms with van der Waals surface area (Å²) in [5.74, 6) is 0.981. The summed E-state index contributed by atoms with van der Waals surface area (Å²) in [6.07, 6.45) is 8.70. The molecule has 0 aliphatic carbocycles. The molecule has 3 aliphatic rings. The average molecular weight is 538 g/mol. The largest absolute Gasteiger partial charge is 0.491 e. The van der Waals surface area contributed by atoms with E-state index in [4.69, 9.17) is 16.3 Å². The third-order valence-electron chi connectivity index (χ3n) is 8.58. The molecule has 0 radical (unpaired) electrons. The predicted molar refractivity (Wildman–Crippen MR) is 152 cm³/mol. The first kappa shape index (κ1) is 26.9. The van der Waals surface area contributed by atoms with Crippen molar-refractivity contribution in [2.75, 3.05) is 37.7 Å². The summed E-state index contributed by atoms with van der Waals surface area (Å²) in [6.45, 7) is 5.59. The Morgan fingerprint density at radius 2 is 1.74 bits per heavy atom. The number of benzene rings is 2. The lowest BCUT2D eigenvalue weighted by atomic mass is 9.73. The highest BCUT2D eigenvalue weighted by atomic mass is 35.5. The normalized spacial score (nSPS) is 22.5. The standard InChI is InChI=1S/C31H40ClN3O3/c1-23-22-38-28-11-4-3-9-24(28)10-5-6-14-31(30(37)33-23)15-19-35(20-16-31)29(36)26-21-25(12-13-27(26)32)34-17-7-2-8-18-34/h3-4,9,11-13,21,23H,2,5-8,10,14-20,22H2,1H3,(H,33,37)/t23-/m0/s1. The molecule has 7 heteroatoms. The monoisotopic (exact) mass is 537 g/mol. The number of aryl methyl sites for hydroxylation is 1. The van der Waals surface area contributed by atoms with E-state index >= 15 is 0 Å². The Morgan fingerprint density at radius 3 is 2.53 bits per heavy atom. The molecule has 2 aromatic rings. The summed E-state index contributed by atoms with van der Waals surface area (Å²) in [5.41, 5.74) is 2.41. The van der Waals surface area contributed by atoms with E-state index in [1.165, 1.54) is 24.8 Å². The highest BCUT2D eigenvalue weighted by molar-refractivity contribution is 6.34. The number of halogens is 1. The van der Waals surface area contributed by atoms with Crippen LogP contribution in [0, 0.1) is 5.41 Å². The van der Waals surface area contributed by atoms with E-state index in [0.29, 0.717) is 43.1 Å². The summed E-state index contributed by atoms with van der Waals surface area (Å²) in [5, 5.41) is 3.72. The molecule has 1 N–H and O–H groups in total. The van der Waals surface area contributed by atoms with E-state index in [1.807, 2.05) is 42.2 Å². The number of ether oxygens (including phenoxy) is 1. The number of hydrogen-bond donors (Lipinski definition) is 1. The molecule has 0 bridgehead atoms. The quantitative estimate of drug-likeness (QED) is 0.521. The number of amides is 2. The molecule has 2 fully saturated rings. The average Bonchev–Trinajstić information content (AvgIpc) is 2.95. The number of likely N-dealkylation sites (tertiary alicyclic amines) is 1. The first-order valence-electron chi connectivity index (χ1n) is 14.3. The molecule has 2 amide bonds. The molecule has 5 rings (SSSR count). The van der Waals surface area contributed by atoms with Gasteiger partial charge in [-0.05, 0) is 88.1 Å². The fourth-order valence-corrected chi connectivity index (χ4v) is 6.39. The summed E-state index contributed by atoms with van der Waals surface area (Å²) >= 11 is 6.53. The van der Waals surface area contributed by atoms with E-state index in [1.54, 1.807) is 0 Å². The first-order chi connectivity index (χ1) is 18.4. The van der Waals surface area contributed by atoms with Crippen molar-refractivity contribution in [3.05, 3.63) is 58.6 Å². The van der Waals surface area contributed by atoms with E-state index < -0.39 is 5.41 Å². The van der Waals surface area contributed by atoms with Gasteiger partial charge < -0.3 is 19.9 Å². The van der Waals surface area contributed by atoms with Crippen LogP contribution < -0.4 is 15.0 Å². The second-order valence-corrected chi connectivity index (χ2v) is 11.7. The van der Waals surface area contributed by atoms with Gasteiger partial charge in [-0.3, -0.25) is 9.59 Å². The summed E-state index contributed by atoms with van der Waals surface area (Å²) in [4.78, 5) is 31.4. The molecular formula is C31H40ClN3O3. The van der Waals surface area contributed by atoms with E-state index in [2.05, 4.69) is 22.3 Å². The number of rotatable bonds is 2. The SMILES string of the molecule is C[C@H]1COc2ccccc2CCCCC2(CCN(C(=O)c3cc(N4CCCCC4)ccc3Cl)CC2)C(=O)N1. The van der Waals surface area contributed by atoms with Crippen LogP contribution in [0.25, 0.3) is 0 Å². The number of fused-ring (bicyclic) bond motifs is 1. The van der Waals surface area contributed by atoms with Crippen molar-refractivity contribution in [3.8, 4) is 5.75 Å². The Bertz CT molecular complexity index is 1140. The minimum Gasteiger partial charge on any atom is -0.491 e. The van der Waals surface area contributed by atoms with Crippen LogP contribution >= 0.6 is 11.6 Å².